The molecule has 1 aliphatic rings. The molecule has 0 aromatic carbocycles. The van der Waals surface area contributed by atoms with Gasteiger partial charge in [-0.15, -0.1) is 23.5 Å². The second-order valence-electron chi connectivity index (χ2n) is 8.34. The predicted octanol–water partition coefficient (Wildman–Crippen LogP) is 4.50. The number of nitrogens with zero attached hydrogens (tertiary/aromatic N) is 5. The maximum Gasteiger partial charge on any atom is 0.258 e. The zero-order valence-corrected chi connectivity index (χ0v) is 22.9. The average Bonchev–Trinajstić information content (AvgIpc) is 3.29. The number of thioether (sulfide) groups is 3. The topological polar surface area (TPSA) is 87.4 Å². The Labute approximate surface area is 219 Å². The van der Waals surface area contributed by atoms with Crippen LogP contribution in [-0.4, -0.2) is 88.2 Å². The summed E-state index contributed by atoms with van der Waals surface area (Å²) in [6.45, 7) is 7.89. The van der Waals surface area contributed by atoms with Gasteiger partial charge in [-0.3, -0.25) is 4.79 Å². The number of aromatic nitrogens is 3. The standard InChI is InChI=1S/C24H32N6O2S3/c1-17-16-19(33-2)21(23(26-17)34-3)27-20(31)7-10-30-13-11-29(12-14-30)9-5-15-35-24-28-22-18(32-24)6-4-8-25-22/h4,6,8,16H,5,7,9-15H2,1-3H3,(H,27,31). The number of fused-ring (bicyclic) bond motifs is 1. The van der Waals surface area contributed by atoms with Crippen LogP contribution in [0.4, 0.5) is 5.69 Å². The first kappa shape index (κ1) is 26.3. The van der Waals surface area contributed by atoms with Crippen molar-refractivity contribution >= 4 is 58.1 Å². The van der Waals surface area contributed by atoms with Crippen LogP contribution in [-0.2, 0) is 4.79 Å². The van der Waals surface area contributed by atoms with Gasteiger partial charge in [0.05, 0.1) is 5.69 Å². The Bertz CT molecular complexity index is 1080. The second kappa shape index (κ2) is 13.0. The molecule has 1 amide bonds. The Morgan fingerprint density at radius 2 is 1.89 bits per heavy atom. The molecule has 1 aliphatic heterocycles. The van der Waals surface area contributed by atoms with Crippen LogP contribution in [0, 0.1) is 6.92 Å². The van der Waals surface area contributed by atoms with E-state index in [0.717, 1.165) is 78.3 Å². The summed E-state index contributed by atoms with van der Waals surface area (Å²) in [6.07, 6.45) is 7.33. The van der Waals surface area contributed by atoms with Gasteiger partial charge in [-0.1, -0.05) is 11.8 Å². The lowest BCUT2D eigenvalue weighted by atomic mass is 10.2. The minimum absolute atomic E-state index is 0.0510. The maximum absolute atomic E-state index is 12.7. The Morgan fingerprint density at radius 1 is 1.11 bits per heavy atom. The van der Waals surface area contributed by atoms with Gasteiger partial charge in [0.2, 0.25) is 5.91 Å². The summed E-state index contributed by atoms with van der Waals surface area (Å²) in [5.41, 5.74) is 3.23. The Balaban J connectivity index is 1.14. The fourth-order valence-corrected chi connectivity index (χ4v) is 6.05. The van der Waals surface area contributed by atoms with E-state index >= 15 is 0 Å². The van der Waals surface area contributed by atoms with Crippen molar-refractivity contribution in [2.24, 2.45) is 0 Å². The molecule has 0 spiro atoms. The van der Waals surface area contributed by atoms with Crippen LogP contribution < -0.4 is 5.32 Å². The largest absolute Gasteiger partial charge is 0.430 e. The minimum atomic E-state index is 0.0510. The van der Waals surface area contributed by atoms with Crippen molar-refractivity contribution in [1.29, 1.82) is 0 Å². The van der Waals surface area contributed by atoms with E-state index in [1.807, 2.05) is 37.6 Å². The molecule has 4 heterocycles. The molecule has 1 fully saturated rings. The molecule has 0 saturated carbocycles. The van der Waals surface area contributed by atoms with Gasteiger partial charge in [-0.05, 0) is 50.6 Å². The third kappa shape index (κ3) is 7.36. The molecule has 0 unspecified atom stereocenters. The summed E-state index contributed by atoms with van der Waals surface area (Å²) < 4.78 is 5.72. The van der Waals surface area contributed by atoms with Crippen LogP contribution in [0.2, 0.25) is 0 Å². The van der Waals surface area contributed by atoms with E-state index in [9.17, 15) is 4.79 Å². The summed E-state index contributed by atoms with van der Waals surface area (Å²) in [7, 11) is 0. The third-order valence-electron chi connectivity index (χ3n) is 5.87. The molecule has 1 saturated heterocycles. The van der Waals surface area contributed by atoms with E-state index in [2.05, 4.69) is 30.1 Å². The highest BCUT2D eigenvalue weighted by molar-refractivity contribution is 7.99. The summed E-state index contributed by atoms with van der Waals surface area (Å²) in [6, 6.07) is 5.78. The lowest BCUT2D eigenvalue weighted by molar-refractivity contribution is -0.116. The molecule has 3 aromatic heterocycles. The first-order valence-electron chi connectivity index (χ1n) is 11.7. The van der Waals surface area contributed by atoms with Crippen molar-refractivity contribution in [2.45, 2.75) is 34.9 Å². The van der Waals surface area contributed by atoms with Crippen LogP contribution >= 0.6 is 35.3 Å². The number of carbonyl (C=O) groups is 1. The number of piperazine rings is 1. The van der Waals surface area contributed by atoms with Gasteiger partial charge in [0.25, 0.3) is 5.22 Å². The van der Waals surface area contributed by atoms with Gasteiger partial charge in [0.15, 0.2) is 11.2 Å². The van der Waals surface area contributed by atoms with E-state index in [1.165, 1.54) is 0 Å². The van der Waals surface area contributed by atoms with Gasteiger partial charge < -0.3 is 19.5 Å². The summed E-state index contributed by atoms with van der Waals surface area (Å²) in [5.74, 6) is 1.02. The zero-order valence-electron chi connectivity index (χ0n) is 20.5. The summed E-state index contributed by atoms with van der Waals surface area (Å²) in [4.78, 5) is 31.8. The van der Waals surface area contributed by atoms with Crippen molar-refractivity contribution in [3.8, 4) is 0 Å². The number of rotatable bonds is 11. The van der Waals surface area contributed by atoms with Gasteiger partial charge in [0.1, 0.15) is 5.03 Å². The molecule has 0 atom stereocenters. The molecular formula is C24H32N6O2S3. The normalized spacial score (nSPS) is 15.1. The first-order chi connectivity index (χ1) is 17.1. The molecule has 11 heteroatoms. The van der Waals surface area contributed by atoms with E-state index in [-0.39, 0.29) is 5.91 Å². The van der Waals surface area contributed by atoms with Gasteiger partial charge in [-0.2, -0.15) is 4.98 Å². The van der Waals surface area contributed by atoms with Crippen molar-refractivity contribution in [3.63, 3.8) is 0 Å². The number of aryl methyl sites for hydroxylation is 1. The molecule has 0 radical (unpaired) electrons. The van der Waals surface area contributed by atoms with Crippen molar-refractivity contribution in [1.82, 2.24) is 24.8 Å². The number of hydrogen-bond acceptors (Lipinski definition) is 10. The number of amides is 1. The fourth-order valence-electron chi connectivity index (χ4n) is 4.00. The Morgan fingerprint density at radius 3 is 2.60 bits per heavy atom. The van der Waals surface area contributed by atoms with Gasteiger partial charge in [-0.25, -0.2) is 9.97 Å². The smallest absolute Gasteiger partial charge is 0.258 e. The molecule has 0 aliphatic carbocycles. The first-order valence-corrected chi connectivity index (χ1v) is 15.2. The molecule has 8 nitrogen and oxygen atoms in total. The molecule has 3 aromatic rings. The van der Waals surface area contributed by atoms with E-state index in [1.54, 1.807) is 41.5 Å². The Hall–Kier alpha value is -1.79. The molecule has 188 valence electrons. The van der Waals surface area contributed by atoms with Crippen LogP contribution in [0.3, 0.4) is 0 Å². The monoisotopic (exact) mass is 532 g/mol. The van der Waals surface area contributed by atoms with Crippen molar-refractivity contribution < 1.29 is 9.21 Å². The van der Waals surface area contributed by atoms with Crippen molar-refractivity contribution in [2.75, 3.05) is 62.8 Å². The number of pyridine rings is 2. The zero-order chi connectivity index (χ0) is 24.6. The van der Waals surface area contributed by atoms with E-state index in [4.69, 9.17) is 4.42 Å². The number of nitrogens with one attached hydrogen (secondary N) is 1. The van der Waals surface area contributed by atoms with Crippen molar-refractivity contribution in [3.05, 3.63) is 30.1 Å². The minimum Gasteiger partial charge on any atom is -0.430 e. The Kier molecular flexibility index (Phi) is 9.73. The predicted molar refractivity (Wildman–Crippen MR) is 146 cm³/mol. The van der Waals surface area contributed by atoms with Gasteiger partial charge in [0, 0.05) is 61.7 Å². The quantitative estimate of drug-likeness (QED) is 0.281. The number of anilines is 1. The highest BCUT2D eigenvalue weighted by Gasteiger charge is 2.19. The summed E-state index contributed by atoms with van der Waals surface area (Å²) in [5, 5.41) is 4.68. The van der Waals surface area contributed by atoms with Crippen LogP contribution in [0.5, 0.6) is 0 Å². The van der Waals surface area contributed by atoms with E-state index < -0.39 is 0 Å². The molecule has 4 rings (SSSR count). The average molecular weight is 533 g/mol. The fraction of sp³-hybridized carbons (Fsp3) is 0.500. The van der Waals surface area contributed by atoms with Crippen LogP contribution in [0.1, 0.15) is 18.5 Å². The lowest BCUT2D eigenvalue weighted by Crippen LogP contribution is -2.47. The van der Waals surface area contributed by atoms with Crippen LogP contribution in [0.15, 0.2) is 44.0 Å². The highest BCUT2D eigenvalue weighted by atomic mass is 32.2. The van der Waals surface area contributed by atoms with Gasteiger partial charge >= 0.3 is 0 Å². The molecular weight excluding hydrogens is 501 g/mol. The molecule has 35 heavy (non-hydrogen) atoms. The number of carbonyl (C=O) groups excluding carboxylic acids is 1. The maximum atomic E-state index is 12.7. The SMILES string of the molecule is CSc1cc(C)nc(SC)c1NC(=O)CCN1CCN(CCCSc2nc3ncccc3o2)CC1. The highest BCUT2D eigenvalue weighted by Crippen LogP contribution is 2.33. The third-order valence-corrected chi connectivity index (χ3v) is 8.22. The lowest BCUT2D eigenvalue weighted by Gasteiger charge is -2.34. The van der Waals surface area contributed by atoms with E-state index in [0.29, 0.717) is 17.3 Å². The second-order valence-corrected chi connectivity index (χ2v) is 11.0. The number of oxazole rings is 1. The molecule has 0 bridgehead atoms. The molecule has 1 N–H and O–H groups in total. The summed E-state index contributed by atoms with van der Waals surface area (Å²) >= 11 is 4.85. The van der Waals surface area contributed by atoms with Crippen LogP contribution in [0.25, 0.3) is 11.2 Å². The number of hydrogen-bond donors (Lipinski definition) is 1.